The maximum absolute atomic E-state index is 5.39. The Labute approximate surface area is 183 Å². The molecule has 0 aromatic rings. The second-order valence-corrected chi connectivity index (χ2v) is 7.12. The lowest BCUT2D eigenvalue weighted by molar-refractivity contribution is 0.0389. The molecule has 0 bridgehead atoms. The number of morpholine rings is 1. The van der Waals surface area contributed by atoms with Gasteiger partial charge in [-0.15, -0.1) is 24.0 Å². The molecule has 2 fully saturated rings. The highest BCUT2D eigenvalue weighted by Gasteiger charge is 2.14. The van der Waals surface area contributed by atoms with E-state index in [-0.39, 0.29) is 24.0 Å². The largest absolute Gasteiger partial charge is 0.379 e. The molecular formula is C19H41IN6O. The average Bonchev–Trinajstić information content (AvgIpc) is 2.69. The molecule has 2 aliphatic heterocycles. The van der Waals surface area contributed by atoms with E-state index in [2.05, 4.69) is 39.2 Å². The van der Waals surface area contributed by atoms with Gasteiger partial charge in [-0.2, -0.15) is 0 Å². The van der Waals surface area contributed by atoms with E-state index in [1.807, 2.05) is 0 Å². The van der Waals surface area contributed by atoms with Gasteiger partial charge in [-0.25, -0.2) is 0 Å². The smallest absolute Gasteiger partial charge is 0.191 e. The highest BCUT2D eigenvalue weighted by Crippen LogP contribution is 2.03. The van der Waals surface area contributed by atoms with Crippen LogP contribution in [0.1, 0.15) is 26.7 Å². The van der Waals surface area contributed by atoms with Crippen LogP contribution >= 0.6 is 24.0 Å². The normalized spacial score (nSPS) is 20.3. The molecule has 0 aromatic carbocycles. The van der Waals surface area contributed by atoms with Crippen LogP contribution < -0.4 is 10.6 Å². The second kappa shape index (κ2) is 15.7. The van der Waals surface area contributed by atoms with Gasteiger partial charge in [0.15, 0.2) is 5.96 Å². The first kappa shape index (κ1) is 24.9. The quantitative estimate of drug-likeness (QED) is 0.203. The number of nitrogens with zero attached hydrogens (tertiary/aromatic N) is 4. The molecule has 27 heavy (non-hydrogen) atoms. The molecule has 0 amide bonds. The van der Waals surface area contributed by atoms with Gasteiger partial charge in [0.1, 0.15) is 0 Å². The topological polar surface area (TPSA) is 55.4 Å². The average molecular weight is 496 g/mol. The monoisotopic (exact) mass is 496 g/mol. The van der Waals surface area contributed by atoms with Gasteiger partial charge in [0, 0.05) is 65.4 Å². The lowest BCUT2D eigenvalue weighted by Gasteiger charge is -2.33. The highest BCUT2D eigenvalue weighted by atomic mass is 127. The van der Waals surface area contributed by atoms with Gasteiger partial charge in [0.05, 0.1) is 13.2 Å². The number of guanidine groups is 1. The Bertz CT molecular complexity index is 384. The van der Waals surface area contributed by atoms with Crippen LogP contribution in [0.3, 0.4) is 0 Å². The molecule has 160 valence electrons. The number of halogens is 1. The molecule has 7 nitrogen and oxygen atoms in total. The summed E-state index contributed by atoms with van der Waals surface area (Å²) in [6.45, 7) is 19.3. The first-order valence-electron chi connectivity index (χ1n) is 10.6. The van der Waals surface area contributed by atoms with Crippen LogP contribution in [-0.2, 0) is 4.74 Å². The molecule has 8 heteroatoms. The van der Waals surface area contributed by atoms with E-state index in [1.165, 1.54) is 45.7 Å². The summed E-state index contributed by atoms with van der Waals surface area (Å²) in [7, 11) is 0. The third-order valence-corrected chi connectivity index (χ3v) is 5.23. The van der Waals surface area contributed by atoms with Gasteiger partial charge in [-0.1, -0.05) is 6.92 Å². The first-order chi connectivity index (χ1) is 12.8. The molecular weight excluding hydrogens is 455 g/mol. The van der Waals surface area contributed by atoms with E-state index in [9.17, 15) is 0 Å². The van der Waals surface area contributed by atoms with Crippen LogP contribution in [0, 0.1) is 0 Å². The predicted molar refractivity (Wildman–Crippen MR) is 124 cm³/mol. The van der Waals surface area contributed by atoms with Gasteiger partial charge in [-0.05, 0) is 32.9 Å². The number of nitrogens with one attached hydrogen (secondary N) is 2. The van der Waals surface area contributed by atoms with Gasteiger partial charge >= 0.3 is 0 Å². The summed E-state index contributed by atoms with van der Waals surface area (Å²) >= 11 is 0. The lowest BCUT2D eigenvalue weighted by atomic mass is 10.2. The zero-order valence-electron chi connectivity index (χ0n) is 17.4. The summed E-state index contributed by atoms with van der Waals surface area (Å²) in [6, 6.07) is 0. The summed E-state index contributed by atoms with van der Waals surface area (Å²) in [5.41, 5.74) is 0. The van der Waals surface area contributed by atoms with Crippen LogP contribution in [-0.4, -0.2) is 112 Å². The van der Waals surface area contributed by atoms with E-state index in [1.54, 1.807) is 0 Å². The fourth-order valence-electron chi connectivity index (χ4n) is 3.47. The predicted octanol–water partition coefficient (Wildman–Crippen LogP) is 0.909. The molecule has 0 unspecified atom stereocenters. The van der Waals surface area contributed by atoms with Crippen molar-refractivity contribution in [2.75, 3.05) is 91.8 Å². The number of aliphatic imine (C=N–C) groups is 1. The van der Waals surface area contributed by atoms with Crippen LogP contribution in [0.25, 0.3) is 0 Å². The number of hydrogen-bond acceptors (Lipinski definition) is 5. The molecule has 2 saturated heterocycles. The minimum Gasteiger partial charge on any atom is -0.379 e. The van der Waals surface area contributed by atoms with Crippen LogP contribution in [0.15, 0.2) is 4.99 Å². The van der Waals surface area contributed by atoms with Crippen molar-refractivity contribution in [3.63, 3.8) is 0 Å². The van der Waals surface area contributed by atoms with Gasteiger partial charge in [-0.3, -0.25) is 9.89 Å². The van der Waals surface area contributed by atoms with Gasteiger partial charge in [0.2, 0.25) is 0 Å². The van der Waals surface area contributed by atoms with Crippen molar-refractivity contribution < 1.29 is 4.74 Å². The Morgan fingerprint density at radius 3 is 2.19 bits per heavy atom. The Hall–Kier alpha value is -0.160. The van der Waals surface area contributed by atoms with Crippen molar-refractivity contribution in [2.24, 2.45) is 4.99 Å². The van der Waals surface area contributed by atoms with Crippen molar-refractivity contribution in [3.8, 4) is 0 Å². The summed E-state index contributed by atoms with van der Waals surface area (Å²) < 4.78 is 5.39. The number of ether oxygens (including phenoxy) is 1. The van der Waals surface area contributed by atoms with Crippen LogP contribution in [0.5, 0.6) is 0 Å². The van der Waals surface area contributed by atoms with Crippen molar-refractivity contribution >= 4 is 29.9 Å². The molecule has 2 heterocycles. The molecule has 0 aromatic heterocycles. The van der Waals surface area contributed by atoms with Crippen molar-refractivity contribution in [3.05, 3.63) is 0 Å². The number of hydrogen-bond donors (Lipinski definition) is 2. The number of piperazine rings is 1. The van der Waals surface area contributed by atoms with Gasteiger partial charge in [0.25, 0.3) is 0 Å². The highest BCUT2D eigenvalue weighted by molar-refractivity contribution is 14.0. The molecule has 2 N–H and O–H groups in total. The van der Waals surface area contributed by atoms with Crippen LogP contribution in [0.2, 0.25) is 0 Å². The van der Waals surface area contributed by atoms with Gasteiger partial charge < -0.3 is 25.2 Å². The maximum Gasteiger partial charge on any atom is 0.191 e. The molecule has 0 radical (unpaired) electrons. The molecule has 0 aliphatic carbocycles. The lowest BCUT2D eigenvalue weighted by Crippen LogP contribution is -2.46. The Morgan fingerprint density at radius 1 is 0.852 bits per heavy atom. The van der Waals surface area contributed by atoms with Crippen molar-refractivity contribution in [2.45, 2.75) is 26.7 Å². The van der Waals surface area contributed by atoms with Crippen molar-refractivity contribution in [1.82, 2.24) is 25.3 Å². The molecule has 0 atom stereocenters. The molecule has 2 aliphatic rings. The van der Waals surface area contributed by atoms with Crippen LogP contribution in [0.4, 0.5) is 0 Å². The number of likely N-dealkylation sites (N-methyl/N-ethyl adjacent to an activating group) is 1. The third-order valence-electron chi connectivity index (χ3n) is 5.23. The van der Waals surface area contributed by atoms with E-state index >= 15 is 0 Å². The van der Waals surface area contributed by atoms with E-state index in [0.717, 1.165) is 64.9 Å². The zero-order chi connectivity index (χ0) is 18.5. The van der Waals surface area contributed by atoms with Crippen molar-refractivity contribution in [1.29, 1.82) is 0 Å². The Morgan fingerprint density at radius 2 is 1.52 bits per heavy atom. The number of unbranched alkanes of at least 4 members (excludes halogenated alkanes) is 1. The summed E-state index contributed by atoms with van der Waals surface area (Å²) in [5.74, 6) is 0.956. The molecule has 2 rings (SSSR count). The third kappa shape index (κ3) is 10.8. The molecule has 0 saturated carbocycles. The second-order valence-electron chi connectivity index (χ2n) is 7.12. The summed E-state index contributed by atoms with van der Waals surface area (Å²) in [5, 5.41) is 6.81. The zero-order valence-corrected chi connectivity index (χ0v) is 19.7. The Kier molecular flexibility index (Phi) is 14.5. The first-order valence-corrected chi connectivity index (χ1v) is 10.6. The summed E-state index contributed by atoms with van der Waals surface area (Å²) in [6.07, 6.45) is 2.40. The summed E-state index contributed by atoms with van der Waals surface area (Å²) in [4.78, 5) is 12.3. The fourth-order valence-corrected chi connectivity index (χ4v) is 3.47. The van der Waals surface area contributed by atoms with E-state index < -0.39 is 0 Å². The van der Waals surface area contributed by atoms with E-state index in [0.29, 0.717) is 0 Å². The standard InChI is InChI=1S/C19H40N6O.HI/c1-3-20-19(22-8-10-25-15-17-26-18-16-25)21-7-5-6-9-24-13-11-23(4-2)12-14-24;/h3-18H2,1-2H3,(H2,20,21,22);1H. The fraction of sp³-hybridized carbons (Fsp3) is 0.947. The molecule has 0 spiro atoms. The minimum atomic E-state index is 0. The maximum atomic E-state index is 5.39. The minimum absolute atomic E-state index is 0. The Balaban J connectivity index is 0.00000364. The van der Waals surface area contributed by atoms with E-state index in [4.69, 9.17) is 9.73 Å². The SMILES string of the molecule is CCNC(=NCCCCN1CCN(CC)CC1)NCCN1CCOCC1.I. The number of rotatable bonds is 10.